The minimum atomic E-state index is -5.58. The molecule has 2 N–H and O–H groups in total. The molecule has 0 spiro atoms. The third-order valence-corrected chi connectivity index (χ3v) is 6.13. The van der Waals surface area contributed by atoms with Crippen LogP contribution in [0.3, 0.4) is 0 Å². The van der Waals surface area contributed by atoms with Crippen LogP contribution in [0, 0.1) is 0 Å². The van der Waals surface area contributed by atoms with E-state index in [1.165, 1.54) is 12.1 Å². The number of alkyl halides is 2. The van der Waals surface area contributed by atoms with Gasteiger partial charge >= 0.3 is 72.4 Å². The monoisotopic (exact) mass is 504 g/mol. The van der Waals surface area contributed by atoms with Crippen LogP contribution in [0.15, 0.2) is 46.9 Å². The molecular formula is C15H15BrClF2Na2O3PS. The predicted molar refractivity (Wildman–Crippen MR) is 98.8 cm³/mol. The molecule has 11 heteroatoms. The topological polar surface area (TPSA) is 57.5 Å². The zero-order valence-electron chi connectivity index (χ0n) is 16.1. The number of halogens is 4. The second kappa shape index (κ2) is 11.7. The maximum absolute atomic E-state index is 13.8. The van der Waals surface area contributed by atoms with Gasteiger partial charge in [0.05, 0.1) is 0 Å². The molecule has 0 unspecified atom stereocenters. The number of hydrogen-bond acceptors (Lipinski definition) is 2. The van der Waals surface area contributed by atoms with Crippen LogP contribution in [-0.4, -0.2) is 9.79 Å². The smallest absolute Gasteiger partial charge is 1.00 e. The molecule has 2 rings (SSSR count). The van der Waals surface area contributed by atoms with Crippen molar-refractivity contribution in [1.29, 1.82) is 0 Å². The van der Waals surface area contributed by atoms with Crippen molar-refractivity contribution in [2.45, 2.75) is 17.2 Å². The Bertz CT molecular complexity index is 788. The summed E-state index contributed by atoms with van der Waals surface area (Å²) in [5.41, 5.74) is -3.08. The van der Waals surface area contributed by atoms with Gasteiger partial charge < -0.3 is 12.6 Å². The van der Waals surface area contributed by atoms with Gasteiger partial charge in [-0.05, 0) is 29.3 Å². The minimum absolute atomic E-state index is 0. The molecule has 0 saturated carbocycles. The van der Waals surface area contributed by atoms with Gasteiger partial charge in [0.25, 0.3) is 0 Å². The van der Waals surface area contributed by atoms with Gasteiger partial charge in [-0.3, -0.25) is 4.57 Å². The summed E-state index contributed by atoms with van der Waals surface area (Å²) in [6.45, 7) is 0. The van der Waals surface area contributed by atoms with Crippen LogP contribution in [0.1, 0.15) is 19.5 Å². The minimum Gasteiger partial charge on any atom is -1.00 e. The Morgan fingerprint density at radius 2 is 1.58 bits per heavy atom. The van der Waals surface area contributed by atoms with Crippen molar-refractivity contribution in [3.63, 3.8) is 0 Å². The van der Waals surface area contributed by atoms with Gasteiger partial charge in [0.2, 0.25) is 0 Å². The van der Waals surface area contributed by atoms with Gasteiger partial charge in [0, 0.05) is 26.6 Å². The number of thioether (sulfide) groups is 1. The number of benzene rings is 2. The Morgan fingerprint density at radius 1 is 1.08 bits per heavy atom. The molecule has 0 aromatic heterocycles. The van der Waals surface area contributed by atoms with Crippen LogP contribution in [0.25, 0.3) is 0 Å². The molecule has 0 saturated heterocycles. The second-order valence-electron chi connectivity index (χ2n) is 5.02. The van der Waals surface area contributed by atoms with Crippen molar-refractivity contribution in [3.8, 4) is 0 Å². The number of rotatable bonds is 6. The van der Waals surface area contributed by atoms with E-state index in [1.807, 2.05) is 12.1 Å². The van der Waals surface area contributed by atoms with Gasteiger partial charge in [-0.15, -0.1) is 0 Å². The normalized spacial score (nSPS) is 11.5. The Labute approximate surface area is 215 Å². The first-order valence-electron chi connectivity index (χ1n) is 6.66. The molecule has 2 aromatic rings. The molecule has 0 aliphatic heterocycles. The van der Waals surface area contributed by atoms with E-state index in [0.717, 1.165) is 22.9 Å². The first-order chi connectivity index (χ1) is 11.1. The van der Waals surface area contributed by atoms with Gasteiger partial charge in [0.1, 0.15) is 0 Å². The van der Waals surface area contributed by atoms with E-state index in [4.69, 9.17) is 21.4 Å². The van der Waals surface area contributed by atoms with Gasteiger partial charge in [-0.1, -0.05) is 51.8 Å². The van der Waals surface area contributed by atoms with Crippen molar-refractivity contribution < 1.29 is 85.1 Å². The Morgan fingerprint density at radius 3 is 2.08 bits per heavy atom. The quantitative estimate of drug-likeness (QED) is 0.429. The summed E-state index contributed by atoms with van der Waals surface area (Å²) in [5, 5.41) is 0.661. The van der Waals surface area contributed by atoms with E-state index in [1.54, 1.807) is 23.9 Å². The van der Waals surface area contributed by atoms with E-state index < -0.39 is 18.8 Å². The Balaban J connectivity index is -0.00000156. The van der Waals surface area contributed by atoms with Crippen molar-refractivity contribution in [3.05, 3.63) is 68.7 Å². The average Bonchev–Trinajstić information content (AvgIpc) is 2.48. The zero-order chi connectivity index (χ0) is 18.0. The van der Waals surface area contributed by atoms with E-state index >= 15 is 0 Å². The van der Waals surface area contributed by atoms with Crippen LogP contribution in [-0.2, 0) is 21.7 Å². The van der Waals surface area contributed by atoms with Crippen molar-refractivity contribution in [2.75, 3.05) is 0 Å². The van der Waals surface area contributed by atoms with E-state index in [9.17, 15) is 13.3 Å². The fourth-order valence-corrected chi connectivity index (χ4v) is 4.33. The maximum Gasteiger partial charge on any atom is 1.00 e. The summed E-state index contributed by atoms with van der Waals surface area (Å²) >= 11 is 10.4. The number of hydrogen-bond donors (Lipinski definition) is 2. The van der Waals surface area contributed by atoms with Crippen LogP contribution < -0.4 is 59.1 Å². The molecule has 2 aromatic carbocycles. The standard InChI is InChI=1S/C15H13BrClF2O3PS.2Na.2H/c16-14-7-11(3-6-13(14)15(18,19)23(20,21)22)9-24-8-10-1-4-12(17)5-2-10;;;;/h1-7H,8-9H2,(H2,20,21,22);;;;/q;2*+1;2*-1. The third kappa shape index (κ3) is 7.43. The van der Waals surface area contributed by atoms with E-state index in [2.05, 4.69) is 15.9 Å². The summed E-state index contributed by atoms with van der Waals surface area (Å²) in [4.78, 5) is 17.6. The van der Waals surface area contributed by atoms with Crippen molar-refractivity contribution in [2.24, 2.45) is 0 Å². The van der Waals surface area contributed by atoms with Gasteiger partial charge in [-0.25, -0.2) is 0 Å². The van der Waals surface area contributed by atoms with E-state index in [0.29, 0.717) is 10.8 Å². The van der Waals surface area contributed by atoms with Crippen molar-refractivity contribution in [1.82, 2.24) is 0 Å². The average molecular weight is 506 g/mol. The molecule has 0 aliphatic rings. The summed E-state index contributed by atoms with van der Waals surface area (Å²) in [7, 11) is -5.58. The van der Waals surface area contributed by atoms with Crippen LogP contribution in [0.5, 0.6) is 0 Å². The van der Waals surface area contributed by atoms with Gasteiger partial charge in [0.15, 0.2) is 0 Å². The van der Waals surface area contributed by atoms with Crippen molar-refractivity contribution >= 4 is 46.9 Å². The molecular weight excluding hydrogens is 491 g/mol. The first kappa shape index (κ1) is 27.6. The largest absolute Gasteiger partial charge is 1.00 e. The summed E-state index contributed by atoms with van der Waals surface area (Å²) < 4.78 is 38.4. The molecule has 0 radical (unpaired) electrons. The van der Waals surface area contributed by atoms with Crippen LogP contribution >= 0.6 is 46.9 Å². The first-order valence-corrected chi connectivity index (χ1v) is 10.6. The molecule has 0 fully saturated rings. The fourth-order valence-electron chi connectivity index (χ4n) is 1.92. The summed E-state index contributed by atoms with van der Waals surface area (Å²) in [5.74, 6) is 1.30. The van der Waals surface area contributed by atoms with Gasteiger partial charge in [-0.2, -0.15) is 20.5 Å². The Hall–Kier alpha value is 1.57. The molecule has 0 atom stereocenters. The molecule has 134 valence electrons. The SMILES string of the molecule is O=P(O)(O)C(F)(F)c1ccc(CSCc2ccc(Cl)cc2)cc1Br.[H-].[H-].[Na+].[Na+]. The second-order valence-corrected chi connectivity index (χ2v) is 8.94. The fraction of sp³-hybridized carbons (Fsp3) is 0.200. The van der Waals surface area contributed by atoms with Crippen LogP contribution in [0.2, 0.25) is 5.02 Å². The molecule has 0 bridgehead atoms. The zero-order valence-corrected chi connectivity index (χ0v) is 22.2. The third-order valence-electron chi connectivity index (χ3n) is 3.17. The molecule has 0 aliphatic carbocycles. The molecule has 0 amide bonds. The molecule has 26 heavy (non-hydrogen) atoms. The maximum atomic E-state index is 13.8. The summed E-state index contributed by atoms with van der Waals surface area (Å²) in [6.07, 6.45) is 0. The molecule has 3 nitrogen and oxygen atoms in total. The van der Waals surface area contributed by atoms with Crippen LogP contribution in [0.4, 0.5) is 8.78 Å². The molecule has 0 heterocycles. The Kier molecular flexibility index (Phi) is 12.4. The van der Waals surface area contributed by atoms with E-state index in [-0.39, 0.29) is 66.4 Å². The summed E-state index contributed by atoms with van der Waals surface area (Å²) in [6, 6.07) is 11.4. The predicted octanol–water partition coefficient (Wildman–Crippen LogP) is -0.00410.